The number of methoxy groups -OCH3 is 3. The maximum Gasteiger partial charge on any atom is 0.333 e. The predicted molar refractivity (Wildman–Crippen MR) is 439 cm³/mol. The van der Waals surface area contributed by atoms with Crippen molar-refractivity contribution in [2.24, 2.45) is 0 Å². The van der Waals surface area contributed by atoms with Gasteiger partial charge < -0.3 is 66.8 Å². The van der Waals surface area contributed by atoms with Gasteiger partial charge in [-0.2, -0.15) is 0 Å². The third-order valence-corrected chi connectivity index (χ3v) is 23.8. The van der Waals surface area contributed by atoms with Crippen LogP contribution in [0.2, 0.25) is 0 Å². The number of oxazole rings is 1. The topological polar surface area (TPSA) is 392 Å². The van der Waals surface area contributed by atoms with Gasteiger partial charge >= 0.3 is 35.0 Å². The van der Waals surface area contributed by atoms with Crippen LogP contribution in [-0.4, -0.2) is 155 Å². The largest absolute Gasteiger partial charge is 0.496 e. The fourth-order valence-electron chi connectivity index (χ4n) is 14.8. The first-order valence-electron chi connectivity index (χ1n) is 38.3. The number of hydrogen-bond donors (Lipinski definition) is 3. The number of fused-ring (bicyclic) bond motifs is 3. The summed E-state index contributed by atoms with van der Waals surface area (Å²) in [5.74, 6) is -1.62. The van der Waals surface area contributed by atoms with Gasteiger partial charge in [0.15, 0.2) is 0 Å². The van der Waals surface area contributed by atoms with E-state index in [1.54, 1.807) is 59.4 Å². The molecule has 5 aromatic carbocycles. The van der Waals surface area contributed by atoms with Crippen molar-refractivity contribution >= 4 is 77.2 Å². The van der Waals surface area contributed by atoms with Gasteiger partial charge in [0.1, 0.15) is 63.3 Å². The number of halogens is 1. The first-order valence-corrected chi connectivity index (χ1v) is 40.0. The summed E-state index contributed by atoms with van der Waals surface area (Å²) < 4.78 is 71.4. The minimum Gasteiger partial charge on any atom is -0.496 e. The molecule has 2 unspecified atom stereocenters. The number of carboxylic acids is 3. The third kappa shape index (κ3) is 17.6. The third-order valence-electron chi connectivity index (χ3n) is 21.7. The van der Waals surface area contributed by atoms with E-state index in [1.807, 2.05) is 79.7 Å². The second-order valence-electron chi connectivity index (χ2n) is 30.3. The molecule has 11 aromatic rings. The van der Waals surface area contributed by atoms with E-state index in [-0.39, 0.29) is 60.0 Å². The van der Waals surface area contributed by atoms with Crippen molar-refractivity contribution in [3.8, 4) is 39.5 Å². The number of aromatic nitrogens is 9. The average Bonchev–Trinajstić information content (AvgIpc) is 1.42. The first kappa shape index (κ1) is 86.4. The number of nitrogens with zero attached hydrogens (tertiary/aromatic N) is 9. The Balaban J connectivity index is 0.000000163. The number of ether oxygens (including phenoxy) is 9. The number of hydrogen-bond acceptors (Lipinski definition) is 24. The first-order chi connectivity index (χ1) is 56.3. The Kier molecular flexibility index (Phi) is 26.7. The smallest absolute Gasteiger partial charge is 0.333 e. The molecule has 3 aliphatic rings. The number of rotatable bonds is 26. The molecule has 0 amide bonds. The maximum absolute atomic E-state index is 14.2. The van der Waals surface area contributed by atoms with Crippen LogP contribution >= 0.6 is 27.3 Å². The Hall–Kier alpha value is -11.0. The fourth-order valence-corrected chi connectivity index (χ4v) is 16.3. The van der Waals surface area contributed by atoms with E-state index in [0.29, 0.717) is 139 Å². The quantitative estimate of drug-likeness (QED) is 0.0453. The molecule has 9 heterocycles. The van der Waals surface area contributed by atoms with Gasteiger partial charge in [0.2, 0.25) is 12.3 Å². The van der Waals surface area contributed by atoms with Crippen molar-refractivity contribution in [1.29, 1.82) is 0 Å². The molecule has 3 aliphatic heterocycles. The summed E-state index contributed by atoms with van der Waals surface area (Å²) in [4.78, 5) is 125. The monoisotopic (exact) mass is 1710 g/mol. The van der Waals surface area contributed by atoms with Crippen molar-refractivity contribution in [3.05, 3.63) is 216 Å². The number of thiophene rings is 1. The van der Waals surface area contributed by atoms with Gasteiger partial charge in [-0.3, -0.25) is 28.1 Å². The Labute approximate surface area is 687 Å². The lowest BCUT2D eigenvalue weighted by molar-refractivity contribution is -0.146. The Morgan fingerprint density at radius 3 is 1.28 bits per heavy atom. The van der Waals surface area contributed by atoms with Crippen LogP contribution in [0.4, 0.5) is 0 Å². The zero-order chi connectivity index (χ0) is 84.8. The highest BCUT2D eigenvalue weighted by molar-refractivity contribution is 9.10. The van der Waals surface area contributed by atoms with Crippen molar-refractivity contribution < 1.29 is 81.2 Å². The van der Waals surface area contributed by atoms with Crippen LogP contribution in [0.15, 0.2) is 158 Å². The van der Waals surface area contributed by atoms with Crippen LogP contribution in [0.5, 0.6) is 17.2 Å². The van der Waals surface area contributed by atoms with Gasteiger partial charge in [-0.15, -0.1) is 21.5 Å². The molecule has 3 fully saturated rings. The van der Waals surface area contributed by atoms with Gasteiger partial charge in [-0.1, -0.05) is 70.5 Å². The lowest BCUT2D eigenvalue weighted by atomic mass is 10.0. The Morgan fingerprint density at radius 1 is 0.517 bits per heavy atom. The van der Waals surface area contributed by atoms with Gasteiger partial charge in [0, 0.05) is 66.4 Å². The molecule has 14 rings (SSSR count). The zero-order valence-electron chi connectivity index (χ0n) is 67.4. The van der Waals surface area contributed by atoms with E-state index in [1.165, 1.54) is 74.1 Å². The number of aryl methyl sites for hydroxylation is 3. The fraction of sp³-hybridized carbons (Fsp3) is 0.429. The van der Waals surface area contributed by atoms with Gasteiger partial charge in [0.05, 0.1) is 97.5 Å². The molecule has 32 nitrogen and oxygen atoms in total. The molecule has 3 saturated heterocycles. The molecule has 118 heavy (non-hydrogen) atoms. The van der Waals surface area contributed by atoms with Crippen molar-refractivity contribution in [2.75, 3.05) is 61.0 Å². The van der Waals surface area contributed by atoms with Crippen LogP contribution in [0, 0.1) is 20.8 Å². The average molecular weight is 1710 g/mol. The van der Waals surface area contributed by atoms with Gasteiger partial charge in [0.25, 0.3) is 22.6 Å². The molecule has 0 aliphatic carbocycles. The van der Waals surface area contributed by atoms with E-state index in [9.17, 15) is 58.5 Å². The summed E-state index contributed by atoms with van der Waals surface area (Å²) in [7, 11) is 4.69. The Bertz CT molecular complexity index is 5900. The molecule has 0 saturated carbocycles. The molecule has 0 spiro atoms. The minimum absolute atomic E-state index is 0.00767. The lowest BCUT2D eigenvalue weighted by Gasteiger charge is -2.30. The van der Waals surface area contributed by atoms with E-state index < -0.39 is 86.6 Å². The van der Waals surface area contributed by atoms with Crippen LogP contribution in [0.25, 0.3) is 54.2 Å². The SMILES string of the molecule is COc1ccccc1C(Cn1c(=O)n(C(C)(C)C(=O)O)c(=O)c2cc(C)c(-c3ncco3)cc21)OC1CCOCC1.COc1ccccc1C(Cn1c(=O)n(C(C)(C)C(=O)O)c(=O)c2cc(C)c(Br)cc21)OC1CCOCC1.COc1ccccc1[C@H](Cn1c(=O)n(C(C)(C)C(=O)O)c(=O)c2c(C)c(-c3nnco3)sc21)OC1CCOCC1. The van der Waals surface area contributed by atoms with E-state index in [0.717, 1.165) is 51.8 Å². The molecule has 626 valence electrons. The second-order valence-corrected chi connectivity index (χ2v) is 32.2. The molecule has 34 heteroatoms. The maximum atomic E-state index is 14.2. The van der Waals surface area contributed by atoms with E-state index in [4.69, 9.17) is 51.5 Å². The van der Waals surface area contributed by atoms with Crippen LogP contribution in [-0.2, 0) is 79.1 Å². The summed E-state index contributed by atoms with van der Waals surface area (Å²) in [5.41, 5.74) is -4.27. The van der Waals surface area contributed by atoms with Crippen molar-refractivity contribution in [2.45, 2.75) is 174 Å². The highest BCUT2D eigenvalue weighted by Crippen LogP contribution is 2.40. The number of carboxylic acid groups (broad SMARTS) is 3. The lowest BCUT2D eigenvalue weighted by Crippen LogP contribution is -2.53. The number of aliphatic carboxylic acids is 3. The normalized spacial score (nSPS) is 15.4. The van der Waals surface area contributed by atoms with Crippen molar-refractivity contribution in [1.82, 2.24) is 42.6 Å². The van der Waals surface area contributed by atoms with Crippen LogP contribution < -0.4 is 48.0 Å². The molecule has 0 bridgehead atoms. The molecular weight excluding hydrogens is 1610 g/mol. The number of carbonyl (C=O) groups is 3. The second kappa shape index (κ2) is 36.5. The molecule has 3 N–H and O–H groups in total. The minimum atomic E-state index is -1.83. The number of benzene rings is 5. The van der Waals surface area contributed by atoms with Crippen molar-refractivity contribution in [3.63, 3.8) is 0 Å². The zero-order valence-corrected chi connectivity index (χ0v) is 69.8. The Morgan fingerprint density at radius 2 is 0.898 bits per heavy atom. The summed E-state index contributed by atoms with van der Waals surface area (Å²) in [6, 6.07) is 28.9. The molecular formula is C84H94BrN9O23S. The standard InChI is InChI=1S/C30H33N3O8.C27H31BrN2O7.C27H30N4O8S/c1-18-15-22-23(16-21(18)26-31-11-14-40-26)32(29(37)33(27(22)34)30(2,3)28(35)36)17-25(41-19-9-12-39-13-10-19)20-7-5-6-8-24(20)38-4;1-16-13-19-21(14-20(16)28)29(26(34)30(24(19)31)27(2,3)25(32)33)15-23(37-17-9-11-36-12-10-17)18-7-5-6-8-22(18)35-4;1-15-20-23(32)31(27(2,3)25(33)34)26(35)30(24(20)40-21(15)22-29-28-14-38-22)13-19(39-16-9-11-37-12-10-16)17-7-5-6-8-18(17)36-4/h5-8,11,14-16,19,25H,9-10,12-13,17H2,1-4H3,(H,35,36);5-8,13-14,17,23H,9-12,15H2,1-4H3,(H,32,33);5-8,14,16,19H,9-13H2,1-4H3,(H,33,34)/t;;19-/m..0/s1. The summed E-state index contributed by atoms with van der Waals surface area (Å²) in [6.07, 6.45) is 5.98. The molecule has 0 radical (unpaired) electrons. The van der Waals surface area contributed by atoms with E-state index in [2.05, 4.69) is 31.1 Å². The molecule has 6 aromatic heterocycles. The number of para-hydroxylation sites is 3. The van der Waals surface area contributed by atoms with Crippen LogP contribution in [0.3, 0.4) is 0 Å². The predicted octanol–water partition coefficient (Wildman–Crippen LogP) is 11.2. The summed E-state index contributed by atoms with van der Waals surface area (Å²) in [6.45, 7) is 16.7. The van der Waals surface area contributed by atoms with E-state index >= 15 is 0 Å². The van der Waals surface area contributed by atoms with Gasteiger partial charge in [-0.25, -0.2) is 47.5 Å². The van der Waals surface area contributed by atoms with Crippen LogP contribution in [0.1, 0.15) is 132 Å². The highest BCUT2D eigenvalue weighted by atomic mass is 79.9. The molecule has 3 atom stereocenters. The summed E-state index contributed by atoms with van der Waals surface area (Å²) in [5, 5.41) is 38.2. The van der Waals surface area contributed by atoms with Gasteiger partial charge in [-0.05, 0) is 160 Å². The highest BCUT2D eigenvalue weighted by Gasteiger charge is 2.40. The summed E-state index contributed by atoms with van der Waals surface area (Å²) >= 11 is 4.67.